The van der Waals surface area contributed by atoms with Crippen LogP contribution in [0.4, 0.5) is 4.79 Å². The minimum absolute atomic E-state index is 0.226. The van der Waals surface area contributed by atoms with Gasteiger partial charge in [0.05, 0.1) is 19.3 Å². The van der Waals surface area contributed by atoms with E-state index >= 15 is 0 Å². The lowest BCUT2D eigenvalue weighted by molar-refractivity contribution is 0.157. The first-order valence-electron chi connectivity index (χ1n) is 6.32. The lowest BCUT2D eigenvalue weighted by Gasteiger charge is -2.11. The van der Waals surface area contributed by atoms with Crippen molar-refractivity contribution in [3.63, 3.8) is 0 Å². The Hall–Kier alpha value is -2.30. The summed E-state index contributed by atoms with van der Waals surface area (Å²) in [6.45, 7) is 2.48. The van der Waals surface area contributed by atoms with Gasteiger partial charge in [-0.05, 0) is 5.56 Å². The zero-order valence-corrected chi connectivity index (χ0v) is 10.5. The standard InChI is InChI=1S/C14H15N3O2/c18-14-16(8-9-19-14)6-7-17-11-13(10-15-17)12-4-2-1-3-5-12/h1-5,10-11H,6-9H2. The van der Waals surface area contributed by atoms with Gasteiger partial charge in [-0.2, -0.15) is 5.10 Å². The van der Waals surface area contributed by atoms with Crippen LogP contribution < -0.4 is 0 Å². The molecule has 1 aromatic carbocycles. The smallest absolute Gasteiger partial charge is 0.410 e. The summed E-state index contributed by atoms with van der Waals surface area (Å²) >= 11 is 0. The number of aromatic nitrogens is 2. The Bertz CT molecular complexity index is 565. The van der Waals surface area contributed by atoms with Crippen LogP contribution in [0.5, 0.6) is 0 Å². The molecule has 1 fully saturated rings. The van der Waals surface area contributed by atoms with Crippen molar-refractivity contribution in [1.82, 2.24) is 14.7 Å². The lowest BCUT2D eigenvalue weighted by atomic mass is 10.1. The predicted molar refractivity (Wildman–Crippen MR) is 70.6 cm³/mol. The van der Waals surface area contributed by atoms with Crippen molar-refractivity contribution in [3.05, 3.63) is 42.7 Å². The van der Waals surface area contributed by atoms with Gasteiger partial charge in [-0.3, -0.25) is 4.68 Å². The minimum atomic E-state index is -0.226. The molecule has 0 bridgehead atoms. The molecule has 3 rings (SSSR count). The summed E-state index contributed by atoms with van der Waals surface area (Å²) < 4.78 is 6.74. The van der Waals surface area contributed by atoms with Crippen LogP contribution in [0.25, 0.3) is 11.1 Å². The lowest BCUT2D eigenvalue weighted by Crippen LogP contribution is -2.28. The predicted octanol–water partition coefficient (Wildman–Crippen LogP) is 2.00. The molecule has 98 valence electrons. The Kier molecular flexibility index (Phi) is 3.18. The molecule has 1 aromatic heterocycles. The van der Waals surface area contributed by atoms with Gasteiger partial charge in [0.25, 0.3) is 0 Å². The van der Waals surface area contributed by atoms with Gasteiger partial charge >= 0.3 is 6.09 Å². The van der Waals surface area contributed by atoms with Crippen molar-refractivity contribution in [3.8, 4) is 11.1 Å². The van der Waals surface area contributed by atoms with E-state index in [2.05, 4.69) is 17.2 Å². The fraction of sp³-hybridized carbons (Fsp3) is 0.286. The van der Waals surface area contributed by atoms with E-state index in [1.807, 2.05) is 35.3 Å². The molecule has 2 heterocycles. The van der Waals surface area contributed by atoms with E-state index in [0.717, 1.165) is 11.1 Å². The summed E-state index contributed by atoms with van der Waals surface area (Å²) in [5, 5.41) is 4.32. The molecule has 0 saturated carbocycles. The second kappa shape index (κ2) is 5.14. The van der Waals surface area contributed by atoms with Crippen molar-refractivity contribution in [2.75, 3.05) is 19.7 Å². The Morgan fingerprint density at radius 3 is 2.74 bits per heavy atom. The number of cyclic esters (lactones) is 1. The number of hydrogen-bond donors (Lipinski definition) is 0. The number of carbonyl (C=O) groups is 1. The highest BCUT2D eigenvalue weighted by molar-refractivity contribution is 5.69. The van der Waals surface area contributed by atoms with Gasteiger partial charge in [-0.15, -0.1) is 0 Å². The number of nitrogens with zero attached hydrogens (tertiary/aromatic N) is 3. The summed E-state index contributed by atoms with van der Waals surface area (Å²) in [6, 6.07) is 10.1. The van der Waals surface area contributed by atoms with Gasteiger partial charge in [0.1, 0.15) is 6.61 Å². The van der Waals surface area contributed by atoms with E-state index in [1.54, 1.807) is 4.90 Å². The quantitative estimate of drug-likeness (QED) is 0.841. The van der Waals surface area contributed by atoms with E-state index in [1.165, 1.54) is 0 Å². The van der Waals surface area contributed by atoms with Gasteiger partial charge in [0, 0.05) is 18.3 Å². The Balaban J connectivity index is 1.64. The highest BCUT2D eigenvalue weighted by atomic mass is 16.6. The third-order valence-corrected chi connectivity index (χ3v) is 3.18. The SMILES string of the molecule is O=C1OCCN1CCn1cc(-c2ccccc2)cn1. The topological polar surface area (TPSA) is 47.4 Å². The summed E-state index contributed by atoms with van der Waals surface area (Å²) in [6.07, 6.45) is 3.62. The van der Waals surface area contributed by atoms with Crippen molar-refractivity contribution in [2.45, 2.75) is 6.54 Å². The molecule has 0 unspecified atom stereocenters. The Labute approximate surface area is 111 Å². The van der Waals surface area contributed by atoms with Crippen LogP contribution >= 0.6 is 0 Å². The van der Waals surface area contributed by atoms with Crippen LogP contribution in [0.2, 0.25) is 0 Å². The van der Waals surface area contributed by atoms with E-state index in [-0.39, 0.29) is 6.09 Å². The van der Waals surface area contributed by atoms with Crippen LogP contribution in [-0.2, 0) is 11.3 Å². The average molecular weight is 257 g/mol. The molecule has 5 heteroatoms. The summed E-state index contributed by atoms with van der Waals surface area (Å²) in [7, 11) is 0. The number of amides is 1. The van der Waals surface area contributed by atoms with Crippen LogP contribution in [0, 0.1) is 0 Å². The molecular weight excluding hydrogens is 242 g/mol. The van der Waals surface area contributed by atoms with Gasteiger partial charge < -0.3 is 9.64 Å². The van der Waals surface area contributed by atoms with Crippen LogP contribution in [0.15, 0.2) is 42.7 Å². The zero-order valence-electron chi connectivity index (χ0n) is 10.5. The molecule has 1 amide bonds. The van der Waals surface area contributed by atoms with Crippen LogP contribution in [-0.4, -0.2) is 40.5 Å². The first-order chi connectivity index (χ1) is 9.33. The summed E-state index contributed by atoms with van der Waals surface area (Å²) in [5.41, 5.74) is 2.24. The van der Waals surface area contributed by atoms with Crippen molar-refractivity contribution >= 4 is 6.09 Å². The third kappa shape index (κ3) is 2.59. The van der Waals surface area contributed by atoms with Crippen molar-refractivity contribution in [1.29, 1.82) is 0 Å². The third-order valence-electron chi connectivity index (χ3n) is 3.18. The summed E-state index contributed by atoms with van der Waals surface area (Å²) in [4.78, 5) is 13.0. The zero-order chi connectivity index (χ0) is 13.1. The Morgan fingerprint density at radius 1 is 1.16 bits per heavy atom. The molecule has 0 spiro atoms. The fourth-order valence-corrected chi connectivity index (χ4v) is 2.12. The molecule has 2 aromatic rings. The fourth-order valence-electron chi connectivity index (χ4n) is 2.12. The van der Waals surface area contributed by atoms with Crippen LogP contribution in [0.3, 0.4) is 0 Å². The first kappa shape index (κ1) is 11.8. The Morgan fingerprint density at radius 2 is 2.00 bits per heavy atom. The summed E-state index contributed by atoms with van der Waals surface area (Å²) in [5.74, 6) is 0. The van der Waals surface area contributed by atoms with E-state index in [4.69, 9.17) is 4.74 Å². The molecule has 1 saturated heterocycles. The molecule has 19 heavy (non-hydrogen) atoms. The molecular formula is C14H15N3O2. The molecule has 0 N–H and O–H groups in total. The van der Waals surface area contributed by atoms with Gasteiger partial charge in [0.2, 0.25) is 0 Å². The maximum atomic E-state index is 11.3. The number of benzene rings is 1. The molecule has 0 atom stereocenters. The number of ether oxygens (including phenoxy) is 1. The maximum absolute atomic E-state index is 11.3. The average Bonchev–Trinajstić information content (AvgIpc) is 3.06. The minimum Gasteiger partial charge on any atom is -0.448 e. The second-order valence-electron chi connectivity index (χ2n) is 4.46. The highest BCUT2D eigenvalue weighted by Crippen LogP contribution is 2.17. The maximum Gasteiger partial charge on any atom is 0.410 e. The van der Waals surface area contributed by atoms with E-state index < -0.39 is 0 Å². The second-order valence-corrected chi connectivity index (χ2v) is 4.46. The van der Waals surface area contributed by atoms with E-state index in [9.17, 15) is 4.79 Å². The number of carbonyl (C=O) groups excluding carboxylic acids is 1. The highest BCUT2D eigenvalue weighted by Gasteiger charge is 2.21. The van der Waals surface area contributed by atoms with Crippen molar-refractivity contribution in [2.24, 2.45) is 0 Å². The molecule has 5 nitrogen and oxygen atoms in total. The molecule has 0 aliphatic carbocycles. The van der Waals surface area contributed by atoms with Gasteiger partial charge in [-0.1, -0.05) is 30.3 Å². The van der Waals surface area contributed by atoms with Crippen LogP contribution in [0.1, 0.15) is 0 Å². The largest absolute Gasteiger partial charge is 0.448 e. The first-order valence-corrected chi connectivity index (χ1v) is 6.32. The van der Waals surface area contributed by atoms with E-state index in [0.29, 0.717) is 26.2 Å². The monoisotopic (exact) mass is 257 g/mol. The normalized spacial score (nSPS) is 14.7. The van der Waals surface area contributed by atoms with Gasteiger partial charge in [-0.25, -0.2) is 4.79 Å². The molecule has 1 aliphatic heterocycles. The molecule has 0 radical (unpaired) electrons. The number of rotatable bonds is 4. The molecule has 1 aliphatic rings. The van der Waals surface area contributed by atoms with Crippen molar-refractivity contribution < 1.29 is 9.53 Å². The van der Waals surface area contributed by atoms with Gasteiger partial charge in [0.15, 0.2) is 0 Å². The number of hydrogen-bond acceptors (Lipinski definition) is 3.